The molecule has 0 unspecified atom stereocenters. The number of halogens is 1. The van der Waals surface area contributed by atoms with Crippen molar-refractivity contribution in [2.45, 2.75) is 6.54 Å². The van der Waals surface area contributed by atoms with Crippen molar-refractivity contribution in [1.82, 2.24) is 0 Å². The van der Waals surface area contributed by atoms with Crippen LogP contribution in [0.3, 0.4) is 0 Å². The second-order valence-corrected chi connectivity index (χ2v) is 4.84. The monoisotopic (exact) mass is 289 g/mol. The van der Waals surface area contributed by atoms with Crippen molar-refractivity contribution in [3.63, 3.8) is 0 Å². The number of anilines is 2. The van der Waals surface area contributed by atoms with E-state index in [2.05, 4.69) is 5.32 Å². The summed E-state index contributed by atoms with van der Waals surface area (Å²) < 4.78 is 13.1. The molecule has 0 bridgehead atoms. The summed E-state index contributed by atoms with van der Waals surface area (Å²) in [6, 6.07) is 11.3. The summed E-state index contributed by atoms with van der Waals surface area (Å²) >= 11 is 0. The van der Waals surface area contributed by atoms with Crippen LogP contribution < -0.4 is 10.2 Å². The number of nitro benzene ring substituents is 1. The quantitative estimate of drug-likeness (QED) is 0.677. The minimum absolute atomic E-state index is 0.265. The zero-order chi connectivity index (χ0) is 15.4. The van der Waals surface area contributed by atoms with Crippen molar-refractivity contribution in [2.24, 2.45) is 0 Å². The van der Waals surface area contributed by atoms with E-state index in [0.29, 0.717) is 12.2 Å². The van der Waals surface area contributed by atoms with E-state index in [1.165, 1.54) is 12.1 Å². The van der Waals surface area contributed by atoms with Crippen LogP contribution >= 0.6 is 0 Å². The fourth-order valence-corrected chi connectivity index (χ4v) is 1.95. The minimum Gasteiger partial charge on any atom is -0.378 e. The van der Waals surface area contributed by atoms with Crippen LogP contribution in [0.4, 0.5) is 21.5 Å². The molecule has 0 radical (unpaired) electrons. The van der Waals surface area contributed by atoms with Crippen molar-refractivity contribution in [3.05, 3.63) is 64.0 Å². The maximum absolute atomic E-state index is 13.1. The van der Waals surface area contributed by atoms with Gasteiger partial charge in [-0.1, -0.05) is 12.1 Å². The lowest BCUT2D eigenvalue weighted by molar-refractivity contribution is -0.384. The highest BCUT2D eigenvalue weighted by molar-refractivity contribution is 5.61. The van der Waals surface area contributed by atoms with Gasteiger partial charge in [-0.05, 0) is 29.8 Å². The highest BCUT2D eigenvalue weighted by Crippen LogP contribution is 2.25. The molecule has 1 N–H and O–H groups in total. The number of rotatable bonds is 5. The Hall–Kier alpha value is -2.63. The molecule has 0 aliphatic heterocycles. The maximum atomic E-state index is 13.1. The average Bonchev–Trinajstić information content (AvgIpc) is 2.46. The fourth-order valence-electron chi connectivity index (χ4n) is 1.95. The van der Waals surface area contributed by atoms with Gasteiger partial charge in [-0.15, -0.1) is 0 Å². The van der Waals surface area contributed by atoms with Gasteiger partial charge in [-0.3, -0.25) is 10.1 Å². The first-order chi connectivity index (χ1) is 9.97. The molecule has 2 rings (SSSR count). The number of benzene rings is 2. The lowest BCUT2D eigenvalue weighted by Gasteiger charge is -2.14. The van der Waals surface area contributed by atoms with Gasteiger partial charge in [0.2, 0.25) is 0 Å². The highest BCUT2D eigenvalue weighted by atomic mass is 19.1. The van der Waals surface area contributed by atoms with Gasteiger partial charge in [-0.2, -0.15) is 0 Å². The predicted molar refractivity (Wildman–Crippen MR) is 81.2 cm³/mol. The van der Waals surface area contributed by atoms with E-state index in [1.807, 2.05) is 43.3 Å². The van der Waals surface area contributed by atoms with E-state index in [4.69, 9.17) is 0 Å². The molecule has 0 saturated carbocycles. The molecule has 0 atom stereocenters. The largest absolute Gasteiger partial charge is 0.378 e. The molecule has 0 heterocycles. The first-order valence-corrected chi connectivity index (χ1v) is 6.41. The normalized spacial score (nSPS) is 10.2. The molecule has 5 nitrogen and oxygen atoms in total. The van der Waals surface area contributed by atoms with E-state index >= 15 is 0 Å². The molecular formula is C15H16FN3O2. The van der Waals surface area contributed by atoms with Gasteiger partial charge in [-0.25, -0.2) is 4.39 Å². The van der Waals surface area contributed by atoms with Crippen molar-refractivity contribution in [2.75, 3.05) is 24.3 Å². The summed E-state index contributed by atoms with van der Waals surface area (Å²) in [6.07, 6.45) is 0. The first kappa shape index (κ1) is 14.8. The number of nitro groups is 1. The van der Waals surface area contributed by atoms with Gasteiger partial charge in [0.05, 0.1) is 11.0 Å². The van der Waals surface area contributed by atoms with E-state index < -0.39 is 10.7 Å². The highest BCUT2D eigenvalue weighted by Gasteiger charge is 2.14. The molecule has 0 saturated heterocycles. The Morgan fingerprint density at radius 2 is 2.00 bits per heavy atom. The van der Waals surface area contributed by atoms with Crippen molar-refractivity contribution in [3.8, 4) is 0 Å². The molecule has 0 aromatic heterocycles. The lowest BCUT2D eigenvalue weighted by atomic mass is 10.2. The number of hydrogen-bond acceptors (Lipinski definition) is 4. The second-order valence-electron chi connectivity index (χ2n) is 4.84. The third-order valence-corrected chi connectivity index (χ3v) is 3.07. The van der Waals surface area contributed by atoms with Crippen LogP contribution in [-0.4, -0.2) is 19.0 Å². The van der Waals surface area contributed by atoms with E-state index in [1.54, 1.807) is 0 Å². The smallest absolute Gasteiger partial charge is 0.295 e. The van der Waals surface area contributed by atoms with Crippen molar-refractivity contribution in [1.29, 1.82) is 0 Å². The Morgan fingerprint density at radius 1 is 1.24 bits per heavy atom. The van der Waals surface area contributed by atoms with Gasteiger partial charge in [0, 0.05) is 26.3 Å². The predicted octanol–water partition coefficient (Wildman–Crippen LogP) is 3.41. The summed E-state index contributed by atoms with van der Waals surface area (Å²) in [6.45, 7) is 0.425. The second kappa shape index (κ2) is 6.21. The number of hydrogen-bond donors (Lipinski definition) is 1. The van der Waals surface area contributed by atoms with Crippen molar-refractivity contribution < 1.29 is 9.31 Å². The summed E-state index contributed by atoms with van der Waals surface area (Å²) in [4.78, 5) is 12.3. The van der Waals surface area contributed by atoms with E-state index in [-0.39, 0.29) is 5.69 Å². The van der Waals surface area contributed by atoms with E-state index in [9.17, 15) is 14.5 Å². The fraction of sp³-hybridized carbons (Fsp3) is 0.200. The van der Waals surface area contributed by atoms with Crippen molar-refractivity contribution >= 4 is 17.1 Å². The van der Waals surface area contributed by atoms with Gasteiger partial charge in [0.15, 0.2) is 0 Å². The SMILES string of the molecule is CN(C)c1cccc(CNc2ccc(F)cc2[N+](=O)[O-])c1. The van der Waals surface area contributed by atoms with Gasteiger partial charge < -0.3 is 10.2 Å². The zero-order valence-corrected chi connectivity index (χ0v) is 11.8. The molecule has 0 amide bonds. The molecule has 6 heteroatoms. The average molecular weight is 289 g/mol. The molecule has 2 aromatic carbocycles. The van der Waals surface area contributed by atoms with Crippen LogP contribution in [0.25, 0.3) is 0 Å². The Bertz CT molecular complexity index is 659. The van der Waals surface area contributed by atoms with Crippen LogP contribution in [0.2, 0.25) is 0 Å². The van der Waals surface area contributed by atoms with Crippen LogP contribution in [0.15, 0.2) is 42.5 Å². The molecule has 110 valence electrons. The molecule has 0 spiro atoms. The van der Waals surface area contributed by atoms with E-state index in [0.717, 1.165) is 17.3 Å². The molecule has 21 heavy (non-hydrogen) atoms. The summed E-state index contributed by atoms with van der Waals surface area (Å²) in [5.74, 6) is -0.623. The first-order valence-electron chi connectivity index (χ1n) is 6.41. The van der Waals surface area contributed by atoms with Gasteiger partial charge in [0.1, 0.15) is 11.5 Å². The Kier molecular flexibility index (Phi) is 4.37. The molecule has 2 aromatic rings. The van der Waals surface area contributed by atoms with Gasteiger partial charge in [0.25, 0.3) is 5.69 Å². The number of nitrogens with zero attached hydrogens (tertiary/aromatic N) is 2. The maximum Gasteiger partial charge on any atom is 0.295 e. The third-order valence-electron chi connectivity index (χ3n) is 3.07. The Labute approximate surface area is 122 Å². The van der Waals surface area contributed by atoms with Crippen LogP contribution in [-0.2, 0) is 6.54 Å². The summed E-state index contributed by atoms with van der Waals surface area (Å²) in [5, 5.41) is 13.9. The zero-order valence-electron chi connectivity index (χ0n) is 11.8. The third kappa shape index (κ3) is 3.68. The Balaban J connectivity index is 2.17. The minimum atomic E-state index is -0.623. The molecule has 0 aliphatic rings. The van der Waals surface area contributed by atoms with Crippen LogP contribution in [0, 0.1) is 15.9 Å². The van der Waals surface area contributed by atoms with Crippen LogP contribution in [0.1, 0.15) is 5.56 Å². The Morgan fingerprint density at radius 3 is 2.67 bits per heavy atom. The summed E-state index contributed by atoms with van der Waals surface area (Å²) in [7, 11) is 3.88. The molecular weight excluding hydrogens is 273 g/mol. The van der Waals surface area contributed by atoms with Gasteiger partial charge >= 0.3 is 0 Å². The lowest BCUT2D eigenvalue weighted by Crippen LogP contribution is -2.09. The molecule has 0 fully saturated rings. The summed E-state index contributed by atoms with van der Waals surface area (Å²) in [5.41, 5.74) is 2.07. The molecule has 0 aliphatic carbocycles. The van der Waals surface area contributed by atoms with Crippen LogP contribution in [0.5, 0.6) is 0 Å². The number of nitrogens with one attached hydrogen (secondary N) is 1. The topological polar surface area (TPSA) is 58.4 Å². The standard InChI is InChI=1S/C15H16FN3O2/c1-18(2)13-5-3-4-11(8-13)10-17-14-7-6-12(16)9-15(14)19(20)21/h3-9,17H,10H2,1-2H3.